The molecular formula is C9H8N2O. The van der Waals surface area contributed by atoms with Gasteiger partial charge in [0.2, 0.25) is 0 Å². The molecule has 2 aromatic rings. The van der Waals surface area contributed by atoms with Crippen molar-refractivity contribution in [2.24, 2.45) is 0 Å². The van der Waals surface area contributed by atoms with E-state index in [4.69, 9.17) is 4.52 Å². The molecule has 0 bridgehead atoms. The van der Waals surface area contributed by atoms with Crippen molar-refractivity contribution in [1.82, 2.24) is 10.1 Å². The summed E-state index contributed by atoms with van der Waals surface area (Å²) in [5.74, 6) is 0. The topological polar surface area (TPSA) is 38.9 Å². The zero-order valence-electron chi connectivity index (χ0n) is 6.47. The van der Waals surface area contributed by atoms with Gasteiger partial charge in [-0.3, -0.25) is 4.98 Å². The molecule has 0 fully saturated rings. The second-order valence-corrected chi connectivity index (χ2v) is 2.53. The largest absolute Gasteiger partial charge is 0.365 e. The van der Waals surface area contributed by atoms with Crippen LogP contribution in [0.15, 0.2) is 41.4 Å². The maximum absolute atomic E-state index is 4.72. The van der Waals surface area contributed by atoms with E-state index in [0.29, 0.717) is 0 Å². The summed E-state index contributed by atoms with van der Waals surface area (Å²) >= 11 is 0. The summed E-state index contributed by atoms with van der Waals surface area (Å²) < 4.78 is 4.72. The molecule has 12 heavy (non-hydrogen) atoms. The normalized spacial score (nSPS) is 10.0. The number of pyridine rings is 1. The molecule has 2 heterocycles. The van der Waals surface area contributed by atoms with Gasteiger partial charge >= 0.3 is 0 Å². The molecule has 0 aliphatic carbocycles. The molecule has 0 saturated carbocycles. The van der Waals surface area contributed by atoms with Crippen LogP contribution in [0.1, 0.15) is 11.3 Å². The number of rotatable bonds is 2. The van der Waals surface area contributed by atoms with Gasteiger partial charge in [0.05, 0.1) is 5.69 Å². The monoisotopic (exact) mass is 160 g/mol. The maximum Gasteiger partial charge on any atom is 0.124 e. The van der Waals surface area contributed by atoms with Crippen LogP contribution in [0.3, 0.4) is 0 Å². The lowest BCUT2D eigenvalue weighted by molar-refractivity contribution is 0.413. The molecule has 0 saturated heterocycles. The molecular weight excluding hydrogens is 152 g/mol. The minimum atomic E-state index is 0.782. The van der Waals surface area contributed by atoms with Crippen LogP contribution >= 0.6 is 0 Å². The van der Waals surface area contributed by atoms with Crippen LogP contribution in [-0.2, 0) is 6.42 Å². The Balaban J connectivity index is 2.15. The van der Waals surface area contributed by atoms with Gasteiger partial charge < -0.3 is 4.52 Å². The first kappa shape index (κ1) is 7.03. The van der Waals surface area contributed by atoms with Gasteiger partial charge in [0, 0.05) is 24.9 Å². The third-order valence-corrected chi connectivity index (χ3v) is 1.60. The predicted octanol–water partition coefficient (Wildman–Crippen LogP) is 1.66. The summed E-state index contributed by atoms with van der Waals surface area (Å²) in [6.45, 7) is 0. The fourth-order valence-electron chi connectivity index (χ4n) is 1.04. The predicted molar refractivity (Wildman–Crippen MR) is 43.5 cm³/mol. The van der Waals surface area contributed by atoms with Crippen molar-refractivity contribution in [2.45, 2.75) is 6.42 Å². The van der Waals surface area contributed by atoms with Crippen molar-refractivity contribution in [3.05, 3.63) is 48.1 Å². The van der Waals surface area contributed by atoms with Gasteiger partial charge in [0.1, 0.15) is 6.26 Å². The van der Waals surface area contributed by atoms with Crippen LogP contribution in [0.25, 0.3) is 0 Å². The highest BCUT2D eigenvalue weighted by Gasteiger charge is 1.97. The van der Waals surface area contributed by atoms with Crippen LogP contribution in [-0.4, -0.2) is 10.1 Å². The fourth-order valence-corrected chi connectivity index (χ4v) is 1.04. The molecule has 2 rings (SSSR count). The molecule has 3 heteroatoms. The van der Waals surface area contributed by atoms with Crippen LogP contribution in [0.4, 0.5) is 0 Å². The van der Waals surface area contributed by atoms with E-state index in [-0.39, 0.29) is 0 Å². The van der Waals surface area contributed by atoms with Gasteiger partial charge in [-0.1, -0.05) is 11.2 Å². The SMILES string of the molecule is c1cncc(Cc2ccon2)c1. The van der Waals surface area contributed by atoms with Gasteiger partial charge in [-0.25, -0.2) is 0 Å². The Bertz CT molecular complexity index is 329. The first-order valence-corrected chi connectivity index (χ1v) is 3.73. The van der Waals surface area contributed by atoms with Gasteiger partial charge in [0.25, 0.3) is 0 Å². The Hall–Kier alpha value is -1.64. The second kappa shape index (κ2) is 3.17. The van der Waals surface area contributed by atoms with Gasteiger partial charge in [-0.05, 0) is 11.6 Å². The quantitative estimate of drug-likeness (QED) is 0.670. The molecule has 0 atom stereocenters. The maximum atomic E-state index is 4.72. The van der Waals surface area contributed by atoms with E-state index in [1.54, 1.807) is 12.5 Å². The lowest BCUT2D eigenvalue weighted by Gasteiger charge is -1.93. The smallest absolute Gasteiger partial charge is 0.124 e. The molecule has 0 N–H and O–H groups in total. The van der Waals surface area contributed by atoms with E-state index in [1.807, 2.05) is 24.4 Å². The first-order valence-electron chi connectivity index (χ1n) is 3.73. The second-order valence-electron chi connectivity index (χ2n) is 2.53. The number of hydrogen-bond acceptors (Lipinski definition) is 3. The molecule has 0 amide bonds. The van der Waals surface area contributed by atoms with E-state index in [2.05, 4.69) is 10.1 Å². The van der Waals surface area contributed by atoms with Crippen LogP contribution < -0.4 is 0 Å². The summed E-state index contributed by atoms with van der Waals surface area (Å²) in [5, 5.41) is 3.81. The van der Waals surface area contributed by atoms with Crippen molar-refractivity contribution in [3.63, 3.8) is 0 Å². The first-order chi connectivity index (χ1) is 5.95. The number of nitrogens with zero attached hydrogens (tertiary/aromatic N) is 2. The van der Waals surface area contributed by atoms with Crippen molar-refractivity contribution >= 4 is 0 Å². The van der Waals surface area contributed by atoms with E-state index in [1.165, 1.54) is 0 Å². The number of aromatic nitrogens is 2. The summed E-state index contributed by atoms with van der Waals surface area (Å²) in [5.41, 5.74) is 2.08. The summed E-state index contributed by atoms with van der Waals surface area (Å²) in [6, 6.07) is 5.78. The van der Waals surface area contributed by atoms with E-state index in [0.717, 1.165) is 17.7 Å². The molecule has 0 aromatic carbocycles. The van der Waals surface area contributed by atoms with Crippen molar-refractivity contribution in [3.8, 4) is 0 Å². The van der Waals surface area contributed by atoms with E-state index >= 15 is 0 Å². The Kier molecular flexibility index (Phi) is 1.86. The van der Waals surface area contributed by atoms with Crippen LogP contribution in [0.2, 0.25) is 0 Å². The third-order valence-electron chi connectivity index (χ3n) is 1.60. The number of hydrogen-bond donors (Lipinski definition) is 0. The molecule has 60 valence electrons. The molecule has 0 aliphatic rings. The fraction of sp³-hybridized carbons (Fsp3) is 0.111. The van der Waals surface area contributed by atoms with Crippen molar-refractivity contribution in [1.29, 1.82) is 0 Å². The lowest BCUT2D eigenvalue weighted by atomic mass is 10.2. The zero-order valence-corrected chi connectivity index (χ0v) is 6.47. The van der Waals surface area contributed by atoms with Crippen LogP contribution in [0.5, 0.6) is 0 Å². The summed E-state index contributed by atoms with van der Waals surface area (Å²) in [4.78, 5) is 4.01. The molecule has 0 unspecified atom stereocenters. The van der Waals surface area contributed by atoms with Crippen molar-refractivity contribution in [2.75, 3.05) is 0 Å². The highest BCUT2D eigenvalue weighted by Crippen LogP contribution is 2.04. The molecule has 3 nitrogen and oxygen atoms in total. The molecule has 2 aromatic heterocycles. The Morgan fingerprint density at radius 1 is 1.33 bits per heavy atom. The Morgan fingerprint density at radius 3 is 3.00 bits per heavy atom. The van der Waals surface area contributed by atoms with Crippen molar-refractivity contribution < 1.29 is 4.52 Å². The minimum absolute atomic E-state index is 0.782. The van der Waals surface area contributed by atoms with Gasteiger partial charge in [-0.15, -0.1) is 0 Å². The van der Waals surface area contributed by atoms with Gasteiger partial charge in [0.15, 0.2) is 0 Å². The van der Waals surface area contributed by atoms with E-state index < -0.39 is 0 Å². The Labute approximate surface area is 70.0 Å². The molecule has 0 spiro atoms. The molecule has 0 aliphatic heterocycles. The summed E-state index contributed by atoms with van der Waals surface area (Å²) in [6.07, 6.45) is 5.94. The standard InChI is InChI=1S/C9H8N2O/c1-2-8(7-10-4-1)6-9-3-5-12-11-9/h1-5,7H,6H2. The zero-order chi connectivity index (χ0) is 8.23. The lowest BCUT2D eigenvalue weighted by Crippen LogP contribution is -1.87. The average molecular weight is 160 g/mol. The highest BCUT2D eigenvalue weighted by molar-refractivity contribution is 5.16. The van der Waals surface area contributed by atoms with Crippen LogP contribution in [0, 0.1) is 0 Å². The molecule has 0 radical (unpaired) electrons. The Morgan fingerprint density at radius 2 is 2.33 bits per heavy atom. The highest BCUT2D eigenvalue weighted by atomic mass is 16.5. The summed E-state index contributed by atoms with van der Waals surface area (Å²) in [7, 11) is 0. The third kappa shape index (κ3) is 1.50. The van der Waals surface area contributed by atoms with E-state index in [9.17, 15) is 0 Å². The average Bonchev–Trinajstić information content (AvgIpc) is 2.59. The minimum Gasteiger partial charge on any atom is -0.365 e. The van der Waals surface area contributed by atoms with Gasteiger partial charge in [-0.2, -0.15) is 0 Å².